The molecule has 5 heteroatoms. The smallest absolute Gasteiger partial charge is 0.267 e. The van der Waals surface area contributed by atoms with Crippen molar-refractivity contribution < 1.29 is 13.2 Å². The predicted molar refractivity (Wildman–Crippen MR) is 65.3 cm³/mol. The van der Waals surface area contributed by atoms with Crippen LogP contribution in [0.3, 0.4) is 0 Å². The first-order chi connectivity index (χ1) is 7.94. The Bertz CT molecular complexity index is 573. The molecule has 90 valence electrons. The first-order valence-corrected chi connectivity index (χ1v) is 6.74. The Morgan fingerprint density at radius 3 is 2.18 bits per heavy atom. The molecule has 0 saturated carbocycles. The maximum Gasteiger partial charge on any atom is 0.267 e. The van der Waals surface area contributed by atoms with Crippen LogP contribution < -0.4 is 0 Å². The number of carbonyl (C=O) groups excluding carboxylic acids is 1. The molecule has 0 fully saturated rings. The SMILES string of the molecule is CC(C)N1C(=O)C=C(c2ccccc2)S1(=O)=O. The van der Waals surface area contributed by atoms with Gasteiger partial charge in [-0.05, 0) is 19.4 Å². The van der Waals surface area contributed by atoms with Gasteiger partial charge in [-0.1, -0.05) is 30.3 Å². The maximum absolute atomic E-state index is 12.2. The number of benzene rings is 1. The van der Waals surface area contributed by atoms with E-state index >= 15 is 0 Å². The van der Waals surface area contributed by atoms with Crippen LogP contribution in [0.1, 0.15) is 19.4 Å². The molecule has 4 nitrogen and oxygen atoms in total. The van der Waals surface area contributed by atoms with E-state index in [1.165, 1.54) is 6.08 Å². The highest BCUT2D eigenvalue weighted by molar-refractivity contribution is 7.99. The molecule has 0 unspecified atom stereocenters. The van der Waals surface area contributed by atoms with Crippen molar-refractivity contribution in [3.63, 3.8) is 0 Å². The third-order valence-corrected chi connectivity index (χ3v) is 4.56. The zero-order valence-electron chi connectivity index (χ0n) is 9.62. The molecule has 1 amide bonds. The maximum atomic E-state index is 12.2. The lowest BCUT2D eigenvalue weighted by molar-refractivity contribution is -0.122. The van der Waals surface area contributed by atoms with Crippen LogP contribution >= 0.6 is 0 Å². The summed E-state index contributed by atoms with van der Waals surface area (Å²) in [6.45, 7) is 3.36. The highest BCUT2D eigenvalue weighted by Gasteiger charge is 2.39. The summed E-state index contributed by atoms with van der Waals surface area (Å²) in [6.07, 6.45) is 1.19. The Labute approximate surface area is 101 Å². The van der Waals surface area contributed by atoms with Gasteiger partial charge < -0.3 is 0 Å². The molecule has 17 heavy (non-hydrogen) atoms. The highest BCUT2D eigenvalue weighted by Crippen LogP contribution is 2.31. The molecule has 1 aliphatic rings. The fourth-order valence-corrected chi connectivity index (χ4v) is 3.58. The van der Waals surface area contributed by atoms with Crippen molar-refractivity contribution in [1.82, 2.24) is 4.31 Å². The van der Waals surface area contributed by atoms with Crippen molar-refractivity contribution in [3.8, 4) is 0 Å². The van der Waals surface area contributed by atoms with E-state index in [0.717, 1.165) is 4.31 Å². The number of rotatable bonds is 2. The second kappa shape index (κ2) is 4.00. The Morgan fingerprint density at radius 1 is 1.12 bits per heavy atom. The molecule has 1 aliphatic heterocycles. The van der Waals surface area contributed by atoms with Gasteiger partial charge in [-0.3, -0.25) is 4.79 Å². The highest BCUT2D eigenvalue weighted by atomic mass is 32.2. The lowest BCUT2D eigenvalue weighted by Crippen LogP contribution is -2.36. The van der Waals surface area contributed by atoms with E-state index in [9.17, 15) is 13.2 Å². The topological polar surface area (TPSA) is 54.5 Å². The van der Waals surface area contributed by atoms with Crippen LogP contribution in [0.5, 0.6) is 0 Å². The molecule has 1 heterocycles. The zero-order valence-corrected chi connectivity index (χ0v) is 10.4. The van der Waals surface area contributed by atoms with Gasteiger partial charge in [0, 0.05) is 12.1 Å². The van der Waals surface area contributed by atoms with Crippen LogP contribution in [0.15, 0.2) is 36.4 Å². The molecule has 1 aromatic carbocycles. The molecule has 0 aliphatic carbocycles. The van der Waals surface area contributed by atoms with Gasteiger partial charge >= 0.3 is 0 Å². The molecule has 0 spiro atoms. The molecular weight excluding hydrogens is 238 g/mol. The van der Waals surface area contributed by atoms with Gasteiger partial charge in [0.15, 0.2) is 0 Å². The van der Waals surface area contributed by atoms with Crippen LogP contribution in [0.4, 0.5) is 0 Å². The van der Waals surface area contributed by atoms with E-state index in [4.69, 9.17) is 0 Å². The first-order valence-electron chi connectivity index (χ1n) is 5.30. The third kappa shape index (κ3) is 1.86. The number of hydrogen-bond acceptors (Lipinski definition) is 3. The molecule has 0 radical (unpaired) electrons. The quantitative estimate of drug-likeness (QED) is 0.802. The lowest BCUT2D eigenvalue weighted by Gasteiger charge is -2.20. The standard InChI is InChI=1S/C12H13NO3S/c1-9(2)13-12(14)8-11(17(13,15)16)10-6-4-3-5-7-10/h3-9H,1-2H3. The van der Waals surface area contributed by atoms with E-state index in [0.29, 0.717) is 5.56 Å². The second-order valence-corrected chi connectivity index (χ2v) is 5.89. The van der Waals surface area contributed by atoms with Crippen molar-refractivity contribution in [2.24, 2.45) is 0 Å². The van der Waals surface area contributed by atoms with E-state index in [1.54, 1.807) is 44.2 Å². The minimum Gasteiger partial charge on any atom is -0.269 e. The van der Waals surface area contributed by atoms with Crippen LogP contribution in [0.2, 0.25) is 0 Å². The van der Waals surface area contributed by atoms with Crippen molar-refractivity contribution >= 4 is 20.8 Å². The molecule has 0 N–H and O–H groups in total. The summed E-state index contributed by atoms with van der Waals surface area (Å²) in [7, 11) is -3.68. The summed E-state index contributed by atoms with van der Waals surface area (Å²) in [5.74, 6) is -0.473. The number of sulfonamides is 1. The van der Waals surface area contributed by atoms with E-state index < -0.39 is 15.9 Å². The molecule has 0 aromatic heterocycles. The summed E-state index contributed by atoms with van der Waals surface area (Å²) in [5, 5.41) is 0. The Kier molecular flexibility index (Phi) is 2.79. The Morgan fingerprint density at radius 2 is 1.71 bits per heavy atom. The molecule has 2 rings (SSSR count). The largest absolute Gasteiger partial charge is 0.269 e. The summed E-state index contributed by atoms with van der Waals surface area (Å²) in [5.41, 5.74) is 0.545. The van der Waals surface area contributed by atoms with Crippen LogP contribution in [-0.4, -0.2) is 24.7 Å². The molecule has 1 aromatic rings. The van der Waals surface area contributed by atoms with Crippen molar-refractivity contribution in [3.05, 3.63) is 42.0 Å². The van der Waals surface area contributed by atoms with E-state index in [1.807, 2.05) is 0 Å². The van der Waals surface area contributed by atoms with Gasteiger partial charge in [0.2, 0.25) is 0 Å². The fourth-order valence-electron chi connectivity index (χ4n) is 1.84. The first kappa shape index (κ1) is 11.9. The molecule has 0 bridgehead atoms. The van der Waals surface area contributed by atoms with E-state index in [2.05, 4.69) is 0 Å². The second-order valence-electron chi connectivity index (χ2n) is 4.11. The van der Waals surface area contributed by atoms with Crippen LogP contribution in [-0.2, 0) is 14.8 Å². The summed E-state index contributed by atoms with van der Waals surface area (Å²) < 4.78 is 25.3. The van der Waals surface area contributed by atoms with Crippen molar-refractivity contribution in [2.75, 3.05) is 0 Å². The van der Waals surface area contributed by atoms with Gasteiger partial charge in [0.25, 0.3) is 15.9 Å². The van der Waals surface area contributed by atoms with Gasteiger partial charge in [0.05, 0.1) is 0 Å². The molecular formula is C12H13NO3S. The average molecular weight is 251 g/mol. The van der Waals surface area contributed by atoms with Gasteiger partial charge in [-0.2, -0.15) is 0 Å². The van der Waals surface area contributed by atoms with Crippen LogP contribution in [0.25, 0.3) is 4.91 Å². The number of nitrogens with zero attached hydrogens (tertiary/aromatic N) is 1. The predicted octanol–water partition coefficient (Wildman–Crippen LogP) is 1.61. The molecule has 0 saturated heterocycles. The number of carbonyl (C=O) groups is 1. The summed E-state index contributed by atoms with van der Waals surface area (Å²) in [6, 6.07) is 8.28. The monoisotopic (exact) mass is 251 g/mol. The minimum absolute atomic E-state index is 0.0804. The van der Waals surface area contributed by atoms with Gasteiger partial charge in [-0.25, -0.2) is 12.7 Å². The van der Waals surface area contributed by atoms with Crippen molar-refractivity contribution in [2.45, 2.75) is 19.9 Å². The summed E-state index contributed by atoms with van der Waals surface area (Å²) >= 11 is 0. The Hall–Kier alpha value is -1.62. The number of hydrogen-bond donors (Lipinski definition) is 0. The normalized spacial score (nSPS) is 18.6. The van der Waals surface area contributed by atoms with Gasteiger partial charge in [0.1, 0.15) is 4.91 Å². The Balaban J connectivity index is 2.53. The van der Waals surface area contributed by atoms with Crippen LogP contribution in [0, 0.1) is 0 Å². The number of amides is 1. The van der Waals surface area contributed by atoms with E-state index in [-0.39, 0.29) is 10.9 Å². The lowest BCUT2D eigenvalue weighted by atomic mass is 10.2. The minimum atomic E-state index is -3.68. The third-order valence-electron chi connectivity index (χ3n) is 2.54. The average Bonchev–Trinajstić information content (AvgIpc) is 2.49. The zero-order chi connectivity index (χ0) is 12.6. The fraction of sp³-hybridized carbons (Fsp3) is 0.250. The van der Waals surface area contributed by atoms with Gasteiger partial charge in [-0.15, -0.1) is 0 Å². The van der Waals surface area contributed by atoms with Crippen molar-refractivity contribution in [1.29, 1.82) is 0 Å². The molecule has 0 atom stereocenters. The summed E-state index contributed by atoms with van der Waals surface area (Å²) in [4.78, 5) is 11.8.